The monoisotopic (exact) mass is 404 g/mol. The van der Waals surface area contributed by atoms with Gasteiger partial charge in [-0.3, -0.25) is 19.3 Å². The Morgan fingerprint density at radius 1 is 1.29 bits per heavy atom. The van der Waals surface area contributed by atoms with Crippen LogP contribution in [0.3, 0.4) is 0 Å². The number of thioether (sulfide) groups is 1. The molecular formula is C21H28N2O4S. The van der Waals surface area contributed by atoms with Crippen molar-refractivity contribution in [1.82, 2.24) is 10.2 Å². The fourth-order valence-corrected chi connectivity index (χ4v) is 3.55. The van der Waals surface area contributed by atoms with E-state index < -0.39 is 0 Å². The van der Waals surface area contributed by atoms with E-state index in [2.05, 4.69) is 11.2 Å². The number of hydrogen-bond donors (Lipinski definition) is 2. The van der Waals surface area contributed by atoms with Gasteiger partial charge < -0.3 is 10.4 Å². The third kappa shape index (κ3) is 8.59. The van der Waals surface area contributed by atoms with Gasteiger partial charge in [-0.15, -0.1) is 18.2 Å². The molecule has 0 aromatic heterocycles. The maximum absolute atomic E-state index is 12.7. The van der Waals surface area contributed by atoms with E-state index >= 15 is 0 Å². The van der Waals surface area contributed by atoms with Gasteiger partial charge in [0.25, 0.3) is 0 Å². The van der Waals surface area contributed by atoms with Crippen LogP contribution < -0.4 is 5.32 Å². The number of carbonyl (C=O) groups excluding carboxylic acids is 3. The molecule has 0 heterocycles. The third-order valence-corrected chi connectivity index (χ3v) is 5.50. The molecule has 2 N–H and O–H groups in total. The lowest BCUT2D eigenvalue weighted by Crippen LogP contribution is -2.37. The molecule has 0 aliphatic heterocycles. The highest BCUT2D eigenvalue weighted by Gasteiger charge is 2.23. The molecule has 0 aliphatic rings. The summed E-state index contributed by atoms with van der Waals surface area (Å²) in [5.74, 6) is 2.05. The number of nitrogens with one attached hydrogen (secondary N) is 1. The summed E-state index contributed by atoms with van der Waals surface area (Å²) in [7, 11) is 0. The molecule has 1 unspecified atom stereocenters. The Morgan fingerprint density at radius 2 is 2.00 bits per heavy atom. The number of nitrogens with zero attached hydrogens (tertiary/aromatic N) is 1. The first-order valence-electron chi connectivity index (χ1n) is 9.38. The van der Waals surface area contributed by atoms with Gasteiger partial charge >= 0.3 is 0 Å². The Labute approximate surface area is 171 Å². The van der Waals surface area contributed by atoms with E-state index in [0.717, 1.165) is 16.9 Å². The van der Waals surface area contributed by atoms with E-state index in [4.69, 9.17) is 11.5 Å². The largest absolute Gasteiger partial charge is 0.392 e. The molecule has 0 aliphatic carbocycles. The summed E-state index contributed by atoms with van der Waals surface area (Å²) < 4.78 is 0. The van der Waals surface area contributed by atoms with Crippen LogP contribution in [0.4, 0.5) is 0 Å². The molecule has 152 valence electrons. The Kier molecular flexibility index (Phi) is 11.7. The summed E-state index contributed by atoms with van der Waals surface area (Å²) >= 11 is 1.41. The van der Waals surface area contributed by atoms with E-state index in [9.17, 15) is 14.4 Å². The number of aliphatic hydroxyl groups is 1. The number of benzene rings is 1. The lowest BCUT2D eigenvalue weighted by atomic mass is 10.1. The van der Waals surface area contributed by atoms with Crippen LogP contribution >= 0.6 is 11.8 Å². The summed E-state index contributed by atoms with van der Waals surface area (Å²) in [6.07, 6.45) is 8.73. The van der Waals surface area contributed by atoms with Gasteiger partial charge in [-0.05, 0) is 37.0 Å². The fraction of sp³-hybridized carbons (Fsp3) is 0.476. The number of amides is 3. The van der Waals surface area contributed by atoms with Gasteiger partial charge in [0, 0.05) is 17.9 Å². The van der Waals surface area contributed by atoms with Crippen LogP contribution in [-0.4, -0.2) is 46.6 Å². The summed E-state index contributed by atoms with van der Waals surface area (Å²) in [5, 5.41) is 11.4. The predicted molar refractivity (Wildman–Crippen MR) is 110 cm³/mol. The van der Waals surface area contributed by atoms with Crippen LogP contribution in [-0.2, 0) is 21.0 Å². The Balaban J connectivity index is 2.45. The number of carbonyl (C=O) groups is 3. The van der Waals surface area contributed by atoms with Gasteiger partial charge in [0.2, 0.25) is 18.2 Å². The van der Waals surface area contributed by atoms with E-state index in [0.29, 0.717) is 38.6 Å². The SMILES string of the molecule is C#CCNC(=O)CCCCCN(C=O)C(=O)C(CC)Sc1ccc(CO)cc1. The summed E-state index contributed by atoms with van der Waals surface area (Å²) in [5.41, 5.74) is 0.811. The lowest BCUT2D eigenvalue weighted by molar-refractivity contribution is -0.137. The molecule has 0 saturated carbocycles. The van der Waals surface area contributed by atoms with Gasteiger partial charge in [-0.1, -0.05) is 31.4 Å². The van der Waals surface area contributed by atoms with Crippen molar-refractivity contribution in [3.05, 3.63) is 29.8 Å². The molecule has 0 bridgehead atoms. The number of rotatable bonds is 13. The van der Waals surface area contributed by atoms with E-state index in [1.807, 2.05) is 31.2 Å². The molecule has 1 rings (SSSR count). The normalized spacial score (nSPS) is 11.3. The minimum absolute atomic E-state index is 0.0223. The highest BCUT2D eigenvalue weighted by atomic mass is 32.2. The molecule has 1 aromatic rings. The molecule has 0 saturated heterocycles. The average Bonchev–Trinajstić information content (AvgIpc) is 2.73. The van der Waals surface area contributed by atoms with Gasteiger partial charge in [-0.25, -0.2) is 0 Å². The van der Waals surface area contributed by atoms with Gasteiger partial charge in [0.15, 0.2) is 0 Å². The third-order valence-electron chi connectivity index (χ3n) is 4.13. The Morgan fingerprint density at radius 3 is 2.57 bits per heavy atom. The Hall–Kier alpha value is -2.30. The van der Waals surface area contributed by atoms with E-state index in [1.54, 1.807) is 0 Å². The zero-order valence-electron chi connectivity index (χ0n) is 16.2. The second-order valence-electron chi connectivity index (χ2n) is 6.25. The fourth-order valence-electron chi connectivity index (χ4n) is 2.53. The zero-order valence-corrected chi connectivity index (χ0v) is 17.0. The van der Waals surface area contributed by atoms with Crippen LogP contribution in [0.1, 0.15) is 44.6 Å². The lowest BCUT2D eigenvalue weighted by Gasteiger charge is -2.21. The number of unbranched alkanes of at least 4 members (excludes halogenated alkanes) is 2. The van der Waals surface area contributed by atoms with Crippen LogP contribution in [0.2, 0.25) is 0 Å². The molecule has 1 aromatic carbocycles. The smallest absolute Gasteiger partial charge is 0.242 e. The number of hydrogen-bond acceptors (Lipinski definition) is 5. The first kappa shape index (κ1) is 23.7. The van der Waals surface area contributed by atoms with Crippen molar-refractivity contribution in [2.24, 2.45) is 0 Å². The standard InChI is InChI=1S/C21H28N2O4S/c1-3-13-22-20(26)8-6-5-7-14-23(16-25)21(27)19(4-2)28-18-11-9-17(15-24)10-12-18/h1,9-12,16,19,24H,4-8,13-15H2,2H3,(H,22,26). The molecular weight excluding hydrogens is 376 g/mol. The maximum Gasteiger partial charge on any atom is 0.242 e. The molecule has 28 heavy (non-hydrogen) atoms. The number of aliphatic hydroxyl groups excluding tert-OH is 1. The average molecular weight is 405 g/mol. The molecule has 0 radical (unpaired) electrons. The van der Waals surface area contributed by atoms with Gasteiger partial charge in [0.1, 0.15) is 0 Å². The second kappa shape index (κ2) is 13.8. The predicted octanol–water partition coefficient (Wildman–Crippen LogP) is 2.34. The first-order chi connectivity index (χ1) is 13.5. The number of terminal acetylenes is 1. The van der Waals surface area contributed by atoms with E-state index in [1.165, 1.54) is 16.7 Å². The van der Waals surface area contributed by atoms with Crippen molar-refractivity contribution >= 4 is 30.0 Å². The molecule has 3 amide bonds. The first-order valence-corrected chi connectivity index (χ1v) is 10.3. The summed E-state index contributed by atoms with van der Waals surface area (Å²) in [6, 6.07) is 7.36. The van der Waals surface area contributed by atoms with Crippen molar-refractivity contribution in [1.29, 1.82) is 0 Å². The summed E-state index contributed by atoms with van der Waals surface area (Å²) in [4.78, 5) is 37.7. The molecule has 7 heteroatoms. The van der Waals surface area contributed by atoms with E-state index in [-0.39, 0.29) is 30.2 Å². The van der Waals surface area contributed by atoms with Gasteiger partial charge in [-0.2, -0.15) is 0 Å². The zero-order chi connectivity index (χ0) is 20.8. The molecule has 0 spiro atoms. The van der Waals surface area contributed by atoms with Crippen LogP contribution in [0.15, 0.2) is 29.2 Å². The van der Waals surface area contributed by atoms with Crippen LogP contribution in [0, 0.1) is 12.3 Å². The van der Waals surface area contributed by atoms with Crippen LogP contribution in [0.5, 0.6) is 0 Å². The maximum atomic E-state index is 12.7. The molecule has 1 atom stereocenters. The Bertz CT molecular complexity index is 670. The molecule has 6 nitrogen and oxygen atoms in total. The highest BCUT2D eigenvalue weighted by Crippen LogP contribution is 2.27. The topological polar surface area (TPSA) is 86.7 Å². The van der Waals surface area contributed by atoms with Crippen molar-refractivity contribution in [2.75, 3.05) is 13.1 Å². The number of imide groups is 1. The van der Waals surface area contributed by atoms with Crippen molar-refractivity contribution in [3.8, 4) is 12.3 Å². The minimum Gasteiger partial charge on any atom is -0.392 e. The highest BCUT2D eigenvalue weighted by molar-refractivity contribution is 8.00. The van der Waals surface area contributed by atoms with Crippen molar-refractivity contribution in [3.63, 3.8) is 0 Å². The minimum atomic E-state index is -0.347. The quantitative estimate of drug-likeness (QED) is 0.228. The summed E-state index contributed by atoms with van der Waals surface area (Å²) in [6.45, 7) is 2.46. The van der Waals surface area contributed by atoms with Crippen LogP contribution in [0.25, 0.3) is 0 Å². The van der Waals surface area contributed by atoms with Crippen molar-refractivity contribution < 1.29 is 19.5 Å². The second-order valence-corrected chi connectivity index (χ2v) is 7.52. The van der Waals surface area contributed by atoms with Gasteiger partial charge in [0.05, 0.1) is 18.4 Å². The van der Waals surface area contributed by atoms with Crippen molar-refractivity contribution in [2.45, 2.75) is 55.8 Å². The molecule has 0 fully saturated rings.